The second-order valence-electron chi connectivity index (χ2n) is 10.6. The van der Waals surface area contributed by atoms with Gasteiger partial charge in [-0.15, -0.1) is 6.42 Å². The number of hydrogen-bond donors (Lipinski definition) is 2. The minimum atomic E-state index is -1.69. The highest BCUT2D eigenvalue weighted by Crippen LogP contribution is 2.50. The van der Waals surface area contributed by atoms with Crippen LogP contribution >= 0.6 is 0 Å². The molecule has 0 saturated carbocycles. The maximum absolute atomic E-state index is 13.7. The molecule has 2 fully saturated rings. The average Bonchev–Trinajstić information content (AvgIpc) is 3.47. The van der Waals surface area contributed by atoms with Crippen molar-refractivity contribution in [3.05, 3.63) is 119 Å². The minimum absolute atomic E-state index is 0.0334. The van der Waals surface area contributed by atoms with E-state index in [4.69, 9.17) is 6.42 Å². The fraction of sp³-hybridized carbons (Fsp3) is 0.171. The van der Waals surface area contributed by atoms with Crippen LogP contribution in [-0.2, 0) is 20.8 Å². The summed E-state index contributed by atoms with van der Waals surface area (Å²) in [6.45, 7) is -0.188. The molecule has 202 valence electrons. The standard InChI is InChI=1S/C35H28N2O4/c1-2-20-37-32(38)29-30(33(37)39)35(34(40)41,22-25-16-17-26-10-6-7-11-28(26)21-25)36-31(29)27-18-14-24(15-19-27)13-12-23-8-4-3-5-9-23/h1,3-19,21,29-31,36H,20,22H2,(H,40,41)/b13-12+. The minimum Gasteiger partial charge on any atom is -0.480 e. The van der Waals surface area contributed by atoms with E-state index >= 15 is 0 Å². The Morgan fingerprint density at radius 1 is 0.878 bits per heavy atom. The normalized spacial score (nSPS) is 23.7. The molecule has 0 radical (unpaired) electrons. The number of carboxylic acids is 1. The average molecular weight is 541 g/mol. The topological polar surface area (TPSA) is 86.7 Å². The number of carbonyl (C=O) groups excluding carboxylic acids is 2. The molecule has 2 N–H and O–H groups in total. The van der Waals surface area contributed by atoms with Crippen molar-refractivity contribution in [2.45, 2.75) is 18.0 Å². The maximum atomic E-state index is 13.7. The van der Waals surface area contributed by atoms with Gasteiger partial charge in [0.15, 0.2) is 0 Å². The SMILES string of the molecule is C#CCN1C(=O)C2C(c3ccc(/C=C/c4ccccc4)cc3)NC(Cc3ccc4ccccc4c3)(C(=O)O)C2C1=O. The number of carboxylic acid groups (broad SMARTS) is 1. The summed E-state index contributed by atoms with van der Waals surface area (Å²) in [5.74, 6) is -1.76. The van der Waals surface area contributed by atoms with Crippen molar-refractivity contribution in [3.8, 4) is 12.3 Å². The Kier molecular flexibility index (Phi) is 6.74. The molecule has 4 aromatic rings. The van der Waals surface area contributed by atoms with Gasteiger partial charge < -0.3 is 5.11 Å². The van der Waals surface area contributed by atoms with E-state index in [1.165, 1.54) is 0 Å². The summed E-state index contributed by atoms with van der Waals surface area (Å²) < 4.78 is 0. The quantitative estimate of drug-likeness (QED) is 0.197. The first-order valence-corrected chi connectivity index (χ1v) is 13.5. The van der Waals surface area contributed by atoms with Crippen LogP contribution in [0.4, 0.5) is 0 Å². The number of hydrogen-bond acceptors (Lipinski definition) is 4. The van der Waals surface area contributed by atoms with Crippen LogP contribution in [-0.4, -0.2) is 39.9 Å². The first-order valence-electron chi connectivity index (χ1n) is 13.5. The van der Waals surface area contributed by atoms with E-state index in [1.807, 2.05) is 109 Å². The molecule has 0 bridgehead atoms. The third-order valence-electron chi connectivity index (χ3n) is 8.24. The van der Waals surface area contributed by atoms with Crippen LogP contribution in [0.1, 0.15) is 28.3 Å². The number of imide groups is 1. The molecular weight excluding hydrogens is 512 g/mol. The number of fused-ring (bicyclic) bond motifs is 2. The van der Waals surface area contributed by atoms with E-state index in [1.54, 1.807) is 0 Å². The molecule has 4 atom stereocenters. The third-order valence-corrected chi connectivity index (χ3v) is 8.24. The van der Waals surface area contributed by atoms with Gasteiger partial charge in [-0.1, -0.05) is 115 Å². The van der Waals surface area contributed by atoms with E-state index < -0.39 is 41.2 Å². The third kappa shape index (κ3) is 4.61. The van der Waals surface area contributed by atoms with Gasteiger partial charge in [-0.05, 0) is 33.0 Å². The Hall–Kier alpha value is -4.99. The van der Waals surface area contributed by atoms with Gasteiger partial charge in [0, 0.05) is 12.5 Å². The molecular formula is C35H28N2O4. The molecule has 6 heteroatoms. The summed E-state index contributed by atoms with van der Waals surface area (Å²) in [7, 11) is 0. The lowest BCUT2D eigenvalue weighted by Gasteiger charge is -2.31. The van der Waals surface area contributed by atoms with Gasteiger partial charge in [0.1, 0.15) is 5.54 Å². The summed E-state index contributed by atoms with van der Waals surface area (Å²) in [6.07, 6.45) is 9.52. The van der Waals surface area contributed by atoms with Crippen LogP contribution in [0.25, 0.3) is 22.9 Å². The molecule has 0 aromatic heterocycles. The number of rotatable bonds is 7. The summed E-state index contributed by atoms with van der Waals surface area (Å²) >= 11 is 0. The number of terminal acetylenes is 1. The largest absolute Gasteiger partial charge is 0.480 e. The molecule has 2 aliphatic heterocycles. The van der Waals surface area contributed by atoms with Gasteiger partial charge in [0.05, 0.1) is 18.4 Å². The fourth-order valence-corrected chi connectivity index (χ4v) is 6.27. The Labute approximate surface area is 238 Å². The van der Waals surface area contributed by atoms with E-state index in [2.05, 4.69) is 11.2 Å². The summed E-state index contributed by atoms with van der Waals surface area (Å²) in [4.78, 5) is 41.4. The molecule has 2 saturated heterocycles. The predicted octanol–water partition coefficient (Wildman–Crippen LogP) is 4.96. The second kappa shape index (κ2) is 10.5. The molecule has 0 spiro atoms. The number of nitrogens with one attached hydrogen (secondary N) is 1. The smallest absolute Gasteiger partial charge is 0.325 e. The fourth-order valence-electron chi connectivity index (χ4n) is 6.27. The molecule has 2 amide bonds. The van der Waals surface area contributed by atoms with Crippen molar-refractivity contribution in [1.82, 2.24) is 10.2 Å². The molecule has 4 aromatic carbocycles. The second-order valence-corrected chi connectivity index (χ2v) is 10.6. The number of benzene rings is 4. The zero-order chi connectivity index (χ0) is 28.6. The van der Waals surface area contributed by atoms with Crippen molar-refractivity contribution in [1.29, 1.82) is 0 Å². The van der Waals surface area contributed by atoms with Crippen molar-refractivity contribution in [2.24, 2.45) is 11.8 Å². The van der Waals surface area contributed by atoms with Crippen LogP contribution in [0.5, 0.6) is 0 Å². The zero-order valence-electron chi connectivity index (χ0n) is 22.2. The zero-order valence-corrected chi connectivity index (χ0v) is 22.2. The van der Waals surface area contributed by atoms with E-state index in [9.17, 15) is 19.5 Å². The van der Waals surface area contributed by atoms with Gasteiger partial charge in [-0.3, -0.25) is 24.6 Å². The van der Waals surface area contributed by atoms with Gasteiger partial charge >= 0.3 is 5.97 Å². The lowest BCUT2D eigenvalue weighted by atomic mass is 9.76. The Morgan fingerprint density at radius 2 is 1.54 bits per heavy atom. The van der Waals surface area contributed by atoms with Crippen molar-refractivity contribution >= 4 is 40.7 Å². The van der Waals surface area contributed by atoms with Gasteiger partial charge in [-0.25, -0.2) is 0 Å². The lowest BCUT2D eigenvalue weighted by molar-refractivity contribution is -0.151. The Balaban J connectivity index is 1.38. The number of amides is 2. The van der Waals surface area contributed by atoms with Crippen LogP contribution < -0.4 is 5.32 Å². The maximum Gasteiger partial charge on any atom is 0.325 e. The molecule has 4 unspecified atom stereocenters. The van der Waals surface area contributed by atoms with Crippen molar-refractivity contribution < 1.29 is 19.5 Å². The first kappa shape index (κ1) is 26.2. The van der Waals surface area contributed by atoms with Crippen LogP contribution in [0.3, 0.4) is 0 Å². The molecule has 6 rings (SSSR count). The van der Waals surface area contributed by atoms with Gasteiger partial charge in [-0.2, -0.15) is 0 Å². The number of carbonyl (C=O) groups is 3. The number of aliphatic carboxylic acids is 1. The van der Waals surface area contributed by atoms with Gasteiger partial charge in [0.25, 0.3) is 0 Å². The Bertz CT molecular complexity index is 1720. The molecule has 2 aliphatic rings. The summed E-state index contributed by atoms with van der Waals surface area (Å²) in [5, 5.41) is 16.0. The van der Waals surface area contributed by atoms with Gasteiger partial charge in [0.2, 0.25) is 11.8 Å². The lowest BCUT2D eigenvalue weighted by Crippen LogP contribution is -2.57. The molecule has 6 nitrogen and oxygen atoms in total. The molecule has 0 aliphatic carbocycles. The first-order chi connectivity index (χ1) is 19.9. The van der Waals surface area contributed by atoms with E-state index in [0.29, 0.717) is 0 Å². The van der Waals surface area contributed by atoms with Crippen molar-refractivity contribution in [3.63, 3.8) is 0 Å². The number of nitrogens with zero attached hydrogens (tertiary/aromatic N) is 1. The molecule has 41 heavy (non-hydrogen) atoms. The predicted molar refractivity (Wildman–Crippen MR) is 158 cm³/mol. The van der Waals surface area contributed by atoms with E-state index in [0.717, 1.165) is 37.9 Å². The van der Waals surface area contributed by atoms with Crippen LogP contribution in [0.2, 0.25) is 0 Å². The highest BCUT2D eigenvalue weighted by molar-refractivity contribution is 6.09. The highest BCUT2D eigenvalue weighted by atomic mass is 16.4. The molecule has 2 heterocycles. The van der Waals surface area contributed by atoms with Crippen LogP contribution in [0.15, 0.2) is 97.1 Å². The highest BCUT2D eigenvalue weighted by Gasteiger charge is 2.68. The Morgan fingerprint density at radius 3 is 2.22 bits per heavy atom. The summed E-state index contributed by atoms with van der Waals surface area (Å²) in [5.41, 5.74) is 1.83. The summed E-state index contributed by atoms with van der Waals surface area (Å²) in [6, 6.07) is 30.5. The number of likely N-dealkylation sites (tertiary alicyclic amines) is 1. The van der Waals surface area contributed by atoms with Crippen molar-refractivity contribution in [2.75, 3.05) is 6.54 Å². The monoisotopic (exact) mass is 540 g/mol. The van der Waals surface area contributed by atoms with Crippen LogP contribution in [0, 0.1) is 24.2 Å². The van der Waals surface area contributed by atoms with E-state index in [-0.39, 0.29) is 13.0 Å².